The fraction of sp³-hybridized carbons (Fsp3) is 0.0588. The Hall–Kier alpha value is -2.46. The van der Waals surface area contributed by atoms with Gasteiger partial charge in [0.1, 0.15) is 0 Å². The SMILES string of the molecule is C=CCn1c(-c2ccccc2)csc1=Nc1ccccn1. The highest BCUT2D eigenvalue weighted by Gasteiger charge is 2.06. The third-order valence-corrected chi connectivity index (χ3v) is 3.90. The monoisotopic (exact) mass is 293 g/mol. The van der Waals surface area contributed by atoms with Crippen molar-refractivity contribution in [2.45, 2.75) is 6.54 Å². The lowest BCUT2D eigenvalue weighted by Gasteiger charge is -2.06. The Morgan fingerprint density at radius 3 is 2.67 bits per heavy atom. The lowest BCUT2D eigenvalue weighted by atomic mass is 10.2. The van der Waals surface area contributed by atoms with Crippen molar-refractivity contribution in [2.24, 2.45) is 4.99 Å². The van der Waals surface area contributed by atoms with Crippen LogP contribution in [0, 0.1) is 0 Å². The van der Waals surface area contributed by atoms with Crippen molar-refractivity contribution < 1.29 is 0 Å². The second-order valence-corrected chi connectivity index (χ2v) is 5.31. The molecule has 0 aliphatic heterocycles. The zero-order valence-corrected chi connectivity index (χ0v) is 12.3. The fourth-order valence-electron chi connectivity index (χ4n) is 2.08. The van der Waals surface area contributed by atoms with Crippen molar-refractivity contribution in [3.63, 3.8) is 0 Å². The van der Waals surface area contributed by atoms with Gasteiger partial charge in [0.05, 0.1) is 5.69 Å². The molecule has 0 amide bonds. The van der Waals surface area contributed by atoms with Gasteiger partial charge in [0.2, 0.25) is 0 Å². The third-order valence-electron chi connectivity index (χ3n) is 3.04. The van der Waals surface area contributed by atoms with Crippen molar-refractivity contribution in [3.05, 3.63) is 77.6 Å². The van der Waals surface area contributed by atoms with E-state index in [1.54, 1.807) is 17.5 Å². The molecule has 0 N–H and O–H groups in total. The van der Waals surface area contributed by atoms with Gasteiger partial charge in [-0.3, -0.25) is 0 Å². The Bertz CT molecular complexity index is 786. The maximum atomic E-state index is 4.63. The molecule has 21 heavy (non-hydrogen) atoms. The smallest absolute Gasteiger partial charge is 0.192 e. The van der Waals surface area contributed by atoms with Gasteiger partial charge >= 0.3 is 0 Å². The summed E-state index contributed by atoms with van der Waals surface area (Å²) in [4.78, 5) is 9.81. The van der Waals surface area contributed by atoms with E-state index in [4.69, 9.17) is 0 Å². The molecular weight excluding hydrogens is 278 g/mol. The molecule has 0 radical (unpaired) electrons. The van der Waals surface area contributed by atoms with Crippen LogP contribution in [-0.4, -0.2) is 9.55 Å². The molecule has 3 aromatic rings. The van der Waals surface area contributed by atoms with Gasteiger partial charge in [0, 0.05) is 18.1 Å². The van der Waals surface area contributed by atoms with Crippen molar-refractivity contribution in [1.29, 1.82) is 0 Å². The minimum absolute atomic E-state index is 0.719. The number of benzene rings is 1. The summed E-state index contributed by atoms with van der Waals surface area (Å²) in [5, 5.41) is 2.13. The van der Waals surface area contributed by atoms with E-state index in [0.717, 1.165) is 22.9 Å². The summed E-state index contributed by atoms with van der Waals surface area (Å²) in [7, 11) is 0. The first-order chi connectivity index (χ1) is 10.4. The number of nitrogens with zero attached hydrogens (tertiary/aromatic N) is 3. The standard InChI is InChI=1S/C17H15N3S/c1-2-12-20-15(14-8-4-3-5-9-14)13-21-17(20)19-16-10-6-7-11-18-16/h2-11,13H,1,12H2. The Morgan fingerprint density at radius 2 is 1.95 bits per heavy atom. The topological polar surface area (TPSA) is 30.2 Å². The van der Waals surface area contributed by atoms with Crippen LogP contribution in [0.2, 0.25) is 0 Å². The lowest BCUT2D eigenvalue weighted by Crippen LogP contribution is -2.14. The third kappa shape index (κ3) is 3.01. The Morgan fingerprint density at radius 1 is 1.14 bits per heavy atom. The molecule has 4 heteroatoms. The Balaban J connectivity index is 2.13. The van der Waals surface area contributed by atoms with Crippen LogP contribution in [0.3, 0.4) is 0 Å². The van der Waals surface area contributed by atoms with Crippen LogP contribution in [0.1, 0.15) is 0 Å². The highest BCUT2D eigenvalue weighted by Crippen LogP contribution is 2.20. The van der Waals surface area contributed by atoms with Gasteiger partial charge in [-0.05, 0) is 17.7 Å². The lowest BCUT2D eigenvalue weighted by molar-refractivity contribution is 0.799. The van der Waals surface area contributed by atoms with E-state index in [1.807, 2.05) is 42.5 Å². The van der Waals surface area contributed by atoms with E-state index in [1.165, 1.54) is 5.56 Å². The second kappa shape index (κ2) is 6.33. The Labute approximate surface area is 127 Å². The zero-order valence-electron chi connectivity index (χ0n) is 11.5. The Kier molecular flexibility index (Phi) is 4.07. The van der Waals surface area contributed by atoms with Gasteiger partial charge < -0.3 is 4.57 Å². The molecule has 0 saturated heterocycles. The van der Waals surface area contributed by atoms with Gasteiger partial charge in [0.25, 0.3) is 0 Å². The van der Waals surface area contributed by atoms with Crippen molar-refractivity contribution >= 4 is 17.2 Å². The molecule has 0 unspecified atom stereocenters. The first-order valence-electron chi connectivity index (χ1n) is 6.69. The summed E-state index contributed by atoms with van der Waals surface area (Å²) in [6.07, 6.45) is 3.64. The normalized spacial score (nSPS) is 11.5. The molecule has 0 saturated carbocycles. The van der Waals surface area contributed by atoms with Crippen LogP contribution in [0.5, 0.6) is 0 Å². The van der Waals surface area contributed by atoms with Crippen LogP contribution in [0.15, 0.2) is 77.8 Å². The van der Waals surface area contributed by atoms with Crippen molar-refractivity contribution in [3.8, 4) is 11.3 Å². The maximum Gasteiger partial charge on any atom is 0.192 e. The minimum atomic E-state index is 0.719. The number of hydrogen-bond donors (Lipinski definition) is 0. The number of thiazole rings is 1. The maximum absolute atomic E-state index is 4.63. The molecule has 0 fully saturated rings. The van der Waals surface area contributed by atoms with Gasteiger partial charge in [-0.15, -0.1) is 17.9 Å². The summed E-state index contributed by atoms with van der Waals surface area (Å²) < 4.78 is 2.15. The molecule has 2 aromatic heterocycles. The highest BCUT2D eigenvalue weighted by atomic mass is 32.1. The molecule has 0 aliphatic rings. The van der Waals surface area contributed by atoms with E-state index < -0.39 is 0 Å². The molecule has 3 rings (SSSR count). The summed E-state index contributed by atoms with van der Waals surface area (Å²) in [5.41, 5.74) is 2.33. The number of hydrogen-bond acceptors (Lipinski definition) is 3. The molecule has 3 nitrogen and oxygen atoms in total. The van der Waals surface area contributed by atoms with Gasteiger partial charge in [-0.25, -0.2) is 9.98 Å². The van der Waals surface area contributed by atoms with Crippen LogP contribution >= 0.6 is 11.3 Å². The molecule has 0 bridgehead atoms. The number of rotatable bonds is 4. The summed E-state index contributed by atoms with van der Waals surface area (Å²) in [5.74, 6) is 0.719. The largest absolute Gasteiger partial charge is 0.313 e. The molecule has 2 heterocycles. The van der Waals surface area contributed by atoms with E-state index in [0.29, 0.717) is 0 Å². The van der Waals surface area contributed by atoms with Crippen molar-refractivity contribution in [2.75, 3.05) is 0 Å². The van der Waals surface area contributed by atoms with E-state index in [2.05, 4.69) is 38.6 Å². The van der Waals surface area contributed by atoms with E-state index in [9.17, 15) is 0 Å². The van der Waals surface area contributed by atoms with E-state index in [-0.39, 0.29) is 0 Å². The van der Waals surface area contributed by atoms with Crippen LogP contribution in [0.25, 0.3) is 11.3 Å². The number of aromatic nitrogens is 2. The van der Waals surface area contributed by atoms with Gasteiger partial charge in [-0.2, -0.15) is 0 Å². The zero-order chi connectivity index (χ0) is 14.5. The first-order valence-corrected chi connectivity index (χ1v) is 7.57. The van der Waals surface area contributed by atoms with Gasteiger partial charge in [0.15, 0.2) is 10.6 Å². The van der Waals surface area contributed by atoms with Crippen LogP contribution in [-0.2, 0) is 6.54 Å². The molecule has 0 atom stereocenters. The first kappa shape index (κ1) is 13.5. The van der Waals surface area contributed by atoms with Crippen LogP contribution < -0.4 is 4.80 Å². The van der Waals surface area contributed by atoms with Crippen molar-refractivity contribution in [1.82, 2.24) is 9.55 Å². The highest BCUT2D eigenvalue weighted by molar-refractivity contribution is 7.07. The fourth-order valence-corrected chi connectivity index (χ4v) is 3.01. The molecule has 1 aromatic carbocycles. The predicted molar refractivity (Wildman–Crippen MR) is 87.4 cm³/mol. The average molecular weight is 293 g/mol. The number of pyridine rings is 1. The summed E-state index contributed by atoms with van der Waals surface area (Å²) in [6, 6.07) is 16.0. The average Bonchev–Trinajstić information content (AvgIpc) is 2.92. The summed E-state index contributed by atoms with van der Waals surface area (Å²) in [6.45, 7) is 4.57. The van der Waals surface area contributed by atoms with Crippen LogP contribution in [0.4, 0.5) is 5.82 Å². The van der Waals surface area contributed by atoms with E-state index >= 15 is 0 Å². The predicted octanol–water partition coefficient (Wildman–Crippen LogP) is 4.03. The van der Waals surface area contributed by atoms with Gasteiger partial charge in [-0.1, -0.05) is 42.5 Å². The molecule has 0 aliphatic carbocycles. The summed E-state index contributed by atoms with van der Waals surface area (Å²) >= 11 is 1.61. The molecular formula is C17H15N3S. The minimum Gasteiger partial charge on any atom is -0.313 e. The second-order valence-electron chi connectivity index (χ2n) is 4.47. The molecule has 104 valence electrons. The number of allylic oxidation sites excluding steroid dienone is 1. The molecule has 0 spiro atoms. The quantitative estimate of drug-likeness (QED) is 0.668.